The number of nitrogens with zero attached hydrogens (tertiary/aromatic N) is 2. The Hall–Kier alpha value is -2.86. The molecule has 1 amide bonds. The second kappa shape index (κ2) is 6.63. The molecule has 0 saturated heterocycles. The van der Waals surface area contributed by atoms with Crippen molar-refractivity contribution in [2.45, 2.75) is 37.1 Å². The molecule has 6 heteroatoms. The van der Waals surface area contributed by atoms with Gasteiger partial charge in [-0.1, -0.05) is 12.1 Å². The molecular formula is C22H25N3O3. The Bertz CT molecular complexity index is 933. The predicted octanol–water partition coefficient (Wildman–Crippen LogP) is 2.81. The molecule has 1 aliphatic carbocycles. The number of fused-ring (bicyclic) bond motifs is 2. The SMILES string of the molecule is CN(C)c1ccc2c(c1)C1(CC1)C(=O)N2c1ccc(CC[C@H](N)C(=O)O)cc1. The van der Waals surface area contributed by atoms with E-state index in [1.807, 2.05) is 55.4 Å². The molecule has 1 aliphatic heterocycles. The number of carboxylic acid groups (broad SMARTS) is 1. The number of carbonyl (C=O) groups excluding carboxylic acids is 1. The fraction of sp³-hybridized carbons (Fsp3) is 0.364. The Kier molecular flexibility index (Phi) is 4.38. The molecule has 146 valence electrons. The van der Waals surface area contributed by atoms with Gasteiger partial charge in [0.05, 0.1) is 11.1 Å². The van der Waals surface area contributed by atoms with Crippen LogP contribution in [0.2, 0.25) is 0 Å². The number of anilines is 3. The number of rotatable bonds is 6. The summed E-state index contributed by atoms with van der Waals surface area (Å²) in [6, 6.07) is 13.1. The minimum absolute atomic E-state index is 0.152. The molecule has 0 bridgehead atoms. The van der Waals surface area contributed by atoms with E-state index in [1.165, 1.54) is 0 Å². The van der Waals surface area contributed by atoms with Crippen molar-refractivity contribution in [1.29, 1.82) is 0 Å². The summed E-state index contributed by atoms with van der Waals surface area (Å²) in [5.74, 6) is -0.832. The van der Waals surface area contributed by atoms with Gasteiger partial charge in [-0.05, 0) is 67.1 Å². The van der Waals surface area contributed by atoms with Gasteiger partial charge in [-0.25, -0.2) is 0 Å². The molecule has 1 atom stereocenters. The van der Waals surface area contributed by atoms with Gasteiger partial charge >= 0.3 is 5.97 Å². The molecule has 1 heterocycles. The topological polar surface area (TPSA) is 86.9 Å². The first-order valence-corrected chi connectivity index (χ1v) is 9.57. The summed E-state index contributed by atoms with van der Waals surface area (Å²) in [6.07, 6.45) is 2.78. The highest BCUT2D eigenvalue weighted by Crippen LogP contribution is 2.59. The van der Waals surface area contributed by atoms with Crippen molar-refractivity contribution >= 4 is 28.9 Å². The molecule has 2 aromatic carbocycles. The molecule has 4 rings (SSSR count). The van der Waals surface area contributed by atoms with E-state index in [9.17, 15) is 9.59 Å². The number of hydrogen-bond acceptors (Lipinski definition) is 4. The number of hydrogen-bond donors (Lipinski definition) is 2. The number of carbonyl (C=O) groups is 2. The number of amides is 1. The van der Waals surface area contributed by atoms with Gasteiger partial charge in [-0.15, -0.1) is 0 Å². The van der Waals surface area contributed by atoms with E-state index in [1.54, 1.807) is 0 Å². The molecule has 6 nitrogen and oxygen atoms in total. The molecule has 0 radical (unpaired) electrons. The molecule has 1 fully saturated rings. The highest BCUT2D eigenvalue weighted by molar-refractivity contribution is 6.14. The first-order chi connectivity index (χ1) is 13.3. The van der Waals surface area contributed by atoms with Crippen LogP contribution in [0.3, 0.4) is 0 Å². The first-order valence-electron chi connectivity index (χ1n) is 9.57. The van der Waals surface area contributed by atoms with E-state index in [0.29, 0.717) is 12.8 Å². The molecule has 1 saturated carbocycles. The third-order valence-corrected chi connectivity index (χ3v) is 5.87. The molecule has 3 N–H and O–H groups in total. The number of aliphatic carboxylic acids is 1. The van der Waals surface area contributed by atoms with Gasteiger partial charge in [0.25, 0.3) is 0 Å². The molecule has 2 aliphatic rings. The van der Waals surface area contributed by atoms with E-state index in [4.69, 9.17) is 10.8 Å². The summed E-state index contributed by atoms with van der Waals surface area (Å²) in [4.78, 5) is 28.0. The summed E-state index contributed by atoms with van der Waals surface area (Å²) >= 11 is 0. The summed E-state index contributed by atoms with van der Waals surface area (Å²) in [5.41, 5.74) is 10.3. The van der Waals surface area contributed by atoms with Crippen molar-refractivity contribution in [2.75, 3.05) is 23.9 Å². The second-order valence-electron chi connectivity index (χ2n) is 7.97. The molecular weight excluding hydrogens is 354 g/mol. The van der Waals surface area contributed by atoms with Crippen LogP contribution < -0.4 is 15.5 Å². The van der Waals surface area contributed by atoms with Crippen LogP contribution in [0.5, 0.6) is 0 Å². The van der Waals surface area contributed by atoms with E-state index in [0.717, 1.165) is 41.0 Å². The maximum absolute atomic E-state index is 13.2. The van der Waals surface area contributed by atoms with Gasteiger partial charge in [0.2, 0.25) is 5.91 Å². The van der Waals surface area contributed by atoms with Crippen molar-refractivity contribution < 1.29 is 14.7 Å². The number of nitrogens with two attached hydrogens (primary N) is 1. The highest BCUT2D eigenvalue weighted by Gasteiger charge is 2.59. The largest absolute Gasteiger partial charge is 0.480 e. The Morgan fingerprint density at radius 1 is 1.21 bits per heavy atom. The van der Waals surface area contributed by atoms with Crippen LogP contribution >= 0.6 is 0 Å². The van der Waals surface area contributed by atoms with Crippen molar-refractivity contribution in [3.05, 3.63) is 53.6 Å². The van der Waals surface area contributed by atoms with E-state index >= 15 is 0 Å². The molecule has 0 aromatic heterocycles. The van der Waals surface area contributed by atoms with E-state index in [-0.39, 0.29) is 11.3 Å². The smallest absolute Gasteiger partial charge is 0.320 e. The maximum atomic E-state index is 13.2. The maximum Gasteiger partial charge on any atom is 0.320 e. The van der Waals surface area contributed by atoms with Gasteiger partial charge in [0.1, 0.15) is 6.04 Å². The zero-order chi connectivity index (χ0) is 20.1. The van der Waals surface area contributed by atoms with Crippen LogP contribution in [0.4, 0.5) is 17.1 Å². The van der Waals surface area contributed by atoms with Gasteiger partial charge in [-0.3, -0.25) is 14.5 Å². The Morgan fingerprint density at radius 3 is 2.46 bits per heavy atom. The van der Waals surface area contributed by atoms with Crippen molar-refractivity contribution in [1.82, 2.24) is 0 Å². The minimum atomic E-state index is -0.984. The second-order valence-corrected chi connectivity index (χ2v) is 7.97. The first kappa shape index (κ1) is 18.5. The average Bonchev–Trinajstić information content (AvgIpc) is 3.44. The van der Waals surface area contributed by atoms with Crippen molar-refractivity contribution in [3.8, 4) is 0 Å². The lowest BCUT2D eigenvalue weighted by Crippen LogP contribution is -2.30. The zero-order valence-electron chi connectivity index (χ0n) is 16.2. The van der Waals surface area contributed by atoms with Crippen LogP contribution in [0.1, 0.15) is 30.4 Å². The number of carboxylic acids is 1. The summed E-state index contributed by atoms with van der Waals surface area (Å²) < 4.78 is 0. The summed E-state index contributed by atoms with van der Waals surface area (Å²) in [6.45, 7) is 0. The third-order valence-electron chi connectivity index (χ3n) is 5.87. The lowest BCUT2D eigenvalue weighted by Gasteiger charge is -2.19. The molecule has 0 unspecified atom stereocenters. The Morgan fingerprint density at radius 2 is 1.89 bits per heavy atom. The average molecular weight is 379 g/mol. The van der Waals surface area contributed by atoms with Gasteiger partial charge < -0.3 is 15.7 Å². The van der Waals surface area contributed by atoms with Crippen LogP contribution in [0, 0.1) is 0 Å². The van der Waals surface area contributed by atoms with Gasteiger partial charge in [0.15, 0.2) is 0 Å². The molecule has 28 heavy (non-hydrogen) atoms. The van der Waals surface area contributed by atoms with Gasteiger partial charge in [-0.2, -0.15) is 0 Å². The fourth-order valence-electron chi connectivity index (χ4n) is 3.94. The zero-order valence-corrected chi connectivity index (χ0v) is 16.2. The van der Waals surface area contributed by atoms with Crippen molar-refractivity contribution in [3.63, 3.8) is 0 Å². The minimum Gasteiger partial charge on any atom is -0.480 e. The van der Waals surface area contributed by atoms with Crippen molar-refractivity contribution in [2.24, 2.45) is 5.73 Å². The molecule has 1 spiro atoms. The third kappa shape index (κ3) is 2.94. The van der Waals surface area contributed by atoms with E-state index < -0.39 is 12.0 Å². The lowest BCUT2D eigenvalue weighted by molar-refractivity contribution is -0.138. The Labute approximate surface area is 164 Å². The summed E-state index contributed by atoms with van der Waals surface area (Å²) in [7, 11) is 4.01. The quantitative estimate of drug-likeness (QED) is 0.806. The van der Waals surface area contributed by atoms with E-state index in [2.05, 4.69) is 11.0 Å². The summed E-state index contributed by atoms with van der Waals surface area (Å²) in [5, 5.41) is 8.91. The predicted molar refractivity (Wildman–Crippen MR) is 109 cm³/mol. The molecule has 2 aromatic rings. The monoisotopic (exact) mass is 379 g/mol. The number of aryl methyl sites for hydroxylation is 1. The normalized spacial score (nSPS) is 17.5. The van der Waals surface area contributed by atoms with Gasteiger partial charge in [0, 0.05) is 25.5 Å². The van der Waals surface area contributed by atoms with Crippen LogP contribution in [0.25, 0.3) is 0 Å². The lowest BCUT2D eigenvalue weighted by atomic mass is 9.97. The highest BCUT2D eigenvalue weighted by atomic mass is 16.4. The fourth-order valence-corrected chi connectivity index (χ4v) is 3.94. The van der Waals surface area contributed by atoms with Crippen LogP contribution in [-0.2, 0) is 21.4 Å². The van der Waals surface area contributed by atoms with Crippen LogP contribution in [0.15, 0.2) is 42.5 Å². The van der Waals surface area contributed by atoms with Crippen LogP contribution in [-0.4, -0.2) is 37.1 Å². The standard InChI is InChI=1S/C22H25N3O3/c1-24(2)16-8-10-19-17(13-16)22(11-12-22)21(28)25(19)15-6-3-14(4-7-15)5-9-18(23)20(26)27/h3-4,6-8,10,13,18H,5,9,11-12,23H2,1-2H3,(H,26,27)/t18-/m0/s1. The Balaban J connectivity index is 1.60. The number of benzene rings is 2.